The molecule has 0 aliphatic carbocycles. The fourth-order valence-corrected chi connectivity index (χ4v) is 1.11. The molecular formula is C10H8F6N2O. The van der Waals surface area contributed by atoms with E-state index in [4.69, 9.17) is 5.73 Å². The van der Waals surface area contributed by atoms with Crippen LogP contribution in [0.25, 0.3) is 0 Å². The number of nitrogens with one attached hydrogen (secondary N) is 1. The minimum Gasteiger partial charge on any atom is -0.396 e. The Balaban J connectivity index is 2.80. The van der Waals surface area contributed by atoms with Gasteiger partial charge in [-0.1, -0.05) is 6.07 Å². The summed E-state index contributed by atoms with van der Waals surface area (Å²) in [5, 5.41) is 1.31. The van der Waals surface area contributed by atoms with E-state index in [0.717, 1.165) is 18.2 Å². The Labute approximate surface area is 103 Å². The highest BCUT2D eigenvalue weighted by Gasteiger charge is 2.57. The van der Waals surface area contributed by atoms with Crippen molar-refractivity contribution in [3.8, 4) is 0 Å². The van der Waals surface area contributed by atoms with Gasteiger partial charge >= 0.3 is 12.1 Å². The van der Waals surface area contributed by atoms with Crippen molar-refractivity contribution in [3.05, 3.63) is 29.6 Å². The van der Waals surface area contributed by atoms with Gasteiger partial charge in [0.1, 0.15) is 0 Å². The van der Waals surface area contributed by atoms with E-state index in [1.54, 1.807) is 0 Å². The van der Waals surface area contributed by atoms with Crippen LogP contribution in [0.5, 0.6) is 0 Å². The van der Waals surface area contributed by atoms with Crippen molar-refractivity contribution < 1.29 is 31.1 Å². The Morgan fingerprint density at radius 2 is 1.79 bits per heavy atom. The molecule has 1 amide bonds. The second-order valence-electron chi connectivity index (χ2n) is 3.59. The quantitative estimate of drug-likeness (QED) is 0.662. The number of nitrogen functional groups attached to an aromatic ring is 1. The second-order valence-corrected chi connectivity index (χ2v) is 3.59. The Kier molecular flexibility index (Phi) is 3.97. The maximum absolute atomic E-state index is 13.3. The monoisotopic (exact) mass is 286 g/mol. The summed E-state index contributed by atoms with van der Waals surface area (Å²) in [6.45, 7) is -1.98. The summed E-state index contributed by atoms with van der Waals surface area (Å²) in [6, 6.07) is 3.18. The molecular weight excluding hydrogens is 278 g/mol. The first-order valence-corrected chi connectivity index (χ1v) is 4.83. The van der Waals surface area contributed by atoms with Crippen LogP contribution in [0, 0.1) is 5.82 Å². The van der Waals surface area contributed by atoms with Crippen molar-refractivity contribution in [1.82, 2.24) is 5.32 Å². The molecule has 0 spiro atoms. The van der Waals surface area contributed by atoms with Gasteiger partial charge in [0.2, 0.25) is 0 Å². The minimum absolute atomic E-state index is 0.421. The number of rotatable bonds is 3. The van der Waals surface area contributed by atoms with Crippen molar-refractivity contribution in [1.29, 1.82) is 0 Å². The lowest BCUT2D eigenvalue weighted by Gasteiger charge is -2.19. The van der Waals surface area contributed by atoms with Crippen LogP contribution in [0.1, 0.15) is 10.4 Å². The van der Waals surface area contributed by atoms with Gasteiger partial charge in [0.25, 0.3) is 5.91 Å². The van der Waals surface area contributed by atoms with Gasteiger partial charge < -0.3 is 11.1 Å². The summed E-state index contributed by atoms with van der Waals surface area (Å²) in [6.07, 6.45) is -5.80. The molecule has 0 unspecified atom stereocenters. The molecule has 0 atom stereocenters. The Hall–Kier alpha value is -1.93. The van der Waals surface area contributed by atoms with Crippen LogP contribution < -0.4 is 11.1 Å². The van der Waals surface area contributed by atoms with Crippen LogP contribution in [0.2, 0.25) is 0 Å². The lowest BCUT2D eigenvalue weighted by molar-refractivity contribution is -0.278. The summed E-state index contributed by atoms with van der Waals surface area (Å²) in [4.78, 5) is 11.3. The van der Waals surface area contributed by atoms with Crippen molar-refractivity contribution in [2.45, 2.75) is 12.1 Å². The molecule has 0 aromatic heterocycles. The average molecular weight is 286 g/mol. The lowest BCUT2D eigenvalue weighted by atomic mass is 10.1. The van der Waals surface area contributed by atoms with Crippen molar-refractivity contribution in [3.63, 3.8) is 0 Å². The van der Waals surface area contributed by atoms with Crippen LogP contribution >= 0.6 is 0 Å². The number of nitrogens with two attached hydrogens (primary N) is 1. The zero-order valence-corrected chi connectivity index (χ0v) is 9.19. The summed E-state index contributed by atoms with van der Waals surface area (Å²) in [5.41, 5.74) is 4.00. The molecule has 19 heavy (non-hydrogen) atoms. The second kappa shape index (κ2) is 4.98. The predicted molar refractivity (Wildman–Crippen MR) is 54.1 cm³/mol. The molecule has 1 rings (SSSR count). The molecule has 9 heteroatoms. The van der Waals surface area contributed by atoms with Crippen molar-refractivity contribution in [2.24, 2.45) is 0 Å². The zero-order chi connectivity index (χ0) is 14.8. The number of anilines is 1. The van der Waals surface area contributed by atoms with Crippen LogP contribution in [-0.4, -0.2) is 24.6 Å². The van der Waals surface area contributed by atoms with E-state index in [0.29, 0.717) is 0 Å². The Bertz CT molecular complexity index is 485. The van der Waals surface area contributed by atoms with Crippen LogP contribution in [0.3, 0.4) is 0 Å². The maximum atomic E-state index is 13.3. The number of carbonyl (C=O) groups is 1. The van der Waals surface area contributed by atoms with Crippen LogP contribution in [0.4, 0.5) is 32.0 Å². The molecule has 0 radical (unpaired) electrons. The van der Waals surface area contributed by atoms with E-state index < -0.39 is 41.6 Å². The van der Waals surface area contributed by atoms with Crippen molar-refractivity contribution >= 4 is 11.6 Å². The summed E-state index contributed by atoms with van der Waals surface area (Å²) >= 11 is 0. The standard InChI is InChI=1S/C10H8F6N2O/c11-7-5(2-1-3-6(7)17)8(19)18-4-9(12,13)10(14,15)16/h1-3H,4,17H2,(H,18,19). The number of hydrogen-bond acceptors (Lipinski definition) is 2. The highest BCUT2D eigenvalue weighted by Crippen LogP contribution is 2.34. The summed E-state index contributed by atoms with van der Waals surface area (Å²) < 4.78 is 73.9. The molecule has 3 nitrogen and oxygen atoms in total. The largest absolute Gasteiger partial charge is 0.455 e. The first-order chi connectivity index (χ1) is 8.56. The third-order valence-corrected chi connectivity index (χ3v) is 2.16. The topological polar surface area (TPSA) is 55.1 Å². The van der Waals surface area contributed by atoms with Gasteiger partial charge in [-0.15, -0.1) is 0 Å². The van der Waals surface area contributed by atoms with Crippen LogP contribution in [0.15, 0.2) is 18.2 Å². The number of carbonyl (C=O) groups excluding carboxylic acids is 1. The van der Waals surface area contributed by atoms with Gasteiger partial charge in [-0.2, -0.15) is 22.0 Å². The fourth-order valence-electron chi connectivity index (χ4n) is 1.11. The number of benzene rings is 1. The van der Waals surface area contributed by atoms with E-state index in [2.05, 4.69) is 0 Å². The molecule has 3 N–H and O–H groups in total. The number of halogens is 6. The van der Waals surface area contributed by atoms with Gasteiger partial charge in [-0.3, -0.25) is 4.79 Å². The van der Waals surface area contributed by atoms with E-state index in [-0.39, 0.29) is 0 Å². The summed E-state index contributed by atoms with van der Waals surface area (Å²) in [7, 11) is 0. The first kappa shape index (κ1) is 15.1. The smallest absolute Gasteiger partial charge is 0.396 e. The molecule has 0 heterocycles. The highest BCUT2D eigenvalue weighted by atomic mass is 19.4. The molecule has 1 aromatic carbocycles. The SMILES string of the molecule is Nc1cccc(C(=O)NCC(F)(F)C(F)(F)F)c1F. The Morgan fingerprint density at radius 3 is 2.32 bits per heavy atom. The number of alkyl halides is 5. The maximum Gasteiger partial charge on any atom is 0.455 e. The van der Waals surface area contributed by atoms with Gasteiger partial charge in [0.05, 0.1) is 17.8 Å². The van der Waals surface area contributed by atoms with Gasteiger partial charge in [0.15, 0.2) is 5.82 Å². The molecule has 1 aromatic rings. The molecule has 106 valence electrons. The molecule has 0 aliphatic heterocycles. The third kappa shape index (κ3) is 3.30. The van der Waals surface area contributed by atoms with Gasteiger partial charge in [0, 0.05) is 0 Å². The third-order valence-electron chi connectivity index (χ3n) is 2.16. The normalized spacial score (nSPS) is 12.3. The number of hydrogen-bond donors (Lipinski definition) is 2. The van der Waals surface area contributed by atoms with Crippen LogP contribution in [-0.2, 0) is 0 Å². The molecule has 0 saturated heterocycles. The first-order valence-electron chi connectivity index (χ1n) is 4.83. The predicted octanol–water partition coefficient (Wildman–Crippen LogP) is 2.34. The fraction of sp³-hybridized carbons (Fsp3) is 0.300. The van der Waals surface area contributed by atoms with E-state index >= 15 is 0 Å². The lowest BCUT2D eigenvalue weighted by Crippen LogP contribution is -2.46. The molecule has 0 bridgehead atoms. The van der Waals surface area contributed by atoms with E-state index in [1.807, 2.05) is 0 Å². The molecule has 0 saturated carbocycles. The van der Waals surface area contributed by atoms with Gasteiger partial charge in [-0.05, 0) is 12.1 Å². The minimum atomic E-state index is -5.80. The van der Waals surface area contributed by atoms with E-state index in [1.165, 1.54) is 5.32 Å². The average Bonchev–Trinajstić information content (AvgIpc) is 2.28. The zero-order valence-electron chi connectivity index (χ0n) is 9.19. The number of amides is 1. The molecule has 0 aliphatic rings. The Morgan fingerprint density at radius 1 is 1.21 bits per heavy atom. The van der Waals surface area contributed by atoms with Crippen molar-refractivity contribution in [2.75, 3.05) is 12.3 Å². The summed E-state index contributed by atoms with van der Waals surface area (Å²) in [5.74, 6) is -7.69. The molecule has 0 fully saturated rings. The van der Waals surface area contributed by atoms with Gasteiger partial charge in [-0.25, -0.2) is 4.39 Å². The highest BCUT2D eigenvalue weighted by molar-refractivity contribution is 5.95. The van der Waals surface area contributed by atoms with E-state index in [9.17, 15) is 31.1 Å².